The van der Waals surface area contributed by atoms with Gasteiger partial charge in [0.1, 0.15) is 11.2 Å². The number of thioether (sulfide) groups is 1. The van der Waals surface area contributed by atoms with E-state index >= 15 is 0 Å². The maximum absolute atomic E-state index is 9.39. The molecule has 0 spiro atoms. The fourth-order valence-electron chi connectivity index (χ4n) is 1.43. The molecule has 0 radical (unpaired) electrons. The van der Waals surface area contributed by atoms with E-state index in [-0.39, 0.29) is 0 Å². The summed E-state index contributed by atoms with van der Waals surface area (Å²) < 4.78 is 0. The van der Waals surface area contributed by atoms with Crippen molar-refractivity contribution in [3.8, 4) is 11.2 Å². The molecule has 0 heterocycles. The summed E-state index contributed by atoms with van der Waals surface area (Å²) in [5.74, 6) is 1.64. The maximum atomic E-state index is 9.39. The monoisotopic (exact) mass is 221 g/mol. The number of rotatable bonds is 4. The van der Waals surface area contributed by atoms with Crippen molar-refractivity contribution in [1.29, 1.82) is 5.26 Å². The lowest BCUT2D eigenvalue weighted by atomic mass is 9.97. The van der Waals surface area contributed by atoms with Crippen molar-refractivity contribution in [2.45, 2.75) is 26.2 Å². The SMILES string of the molecule is Cc1cc(C(C)CCSC#N)ccc1O. The van der Waals surface area contributed by atoms with Crippen LogP contribution in [0, 0.1) is 17.6 Å². The molecule has 1 aromatic carbocycles. The minimum atomic E-state index is 0.345. The van der Waals surface area contributed by atoms with Gasteiger partial charge in [0.15, 0.2) is 0 Å². The third-order valence-corrected chi connectivity index (χ3v) is 3.08. The van der Waals surface area contributed by atoms with Gasteiger partial charge < -0.3 is 5.11 Å². The Labute approximate surface area is 94.9 Å². The van der Waals surface area contributed by atoms with E-state index in [1.165, 1.54) is 17.3 Å². The van der Waals surface area contributed by atoms with E-state index in [0.29, 0.717) is 11.7 Å². The van der Waals surface area contributed by atoms with E-state index in [4.69, 9.17) is 5.26 Å². The molecule has 0 bridgehead atoms. The van der Waals surface area contributed by atoms with Crippen molar-refractivity contribution >= 4 is 11.8 Å². The molecule has 1 atom stereocenters. The van der Waals surface area contributed by atoms with Crippen LogP contribution in [-0.4, -0.2) is 10.9 Å². The number of hydrogen-bond donors (Lipinski definition) is 1. The highest BCUT2D eigenvalue weighted by Crippen LogP contribution is 2.25. The summed E-state index contributed by atoms with van der Waals surface area (Å²) in [7, 11) is 0. The Balaban J connectivity index is 2.62. The molecule has 15 heavy (non-hydrogen) atoms. The minimum absolute atomic E-state index is 0.345. The Morgan fingerprint density at radius 2 is 2.27 bits per heavy atom. The van der Waals surface area contributed by atoms with Gasteiger partial charge in [-0.3, -0.25) is 0 Å². The van der Waals surface area contributed by atoms with Crippen molar-refractivity contribution in [3.05, 3.63) is 29.3 Å². The first-order valence-electron chi connectivity index (χ1n) is 4.95. The highest BCUT2D eigenvalue weighted by atomic mass is 32.2. The molecule has 1 unspecified atom stereocenters. The topological polar surface area (TPSA) is 44.0 Å². The van der Waals surface area contributed by atoms with Gasteiger partial charge in [-0.25, -0.2) is 0 Å². The zero-order valence-electron chi connectivity index (χ0n) is 9.03. The lowest BCUT2D eigenvalue weighted by molar-refractivity contribution is 0.470. The molecule has 0 aromatic heterocycles. The summed E-state index contributed by atoms with van der Waals surface area (Å²) in [5, 5.41) is 19.9. The number of phenols is 1. The molecule has 1 N–H and O–H groups in total. The number of benzene rings is 1. The smallest absolute Gasteiger partial charge is 0.133 e. The summed E-state index contributed by atoms with van der Waals surface area (Å²) >= 11 is 1.29. The number of aryl methyl sites for hydroxylation is 1. The maximum Gasteiger partial charge on any atom is 0.133 e. The molecule has 80 valence electrons. The second kappa shape index (κ2) is 5.67. The van der Waals surface area contributed by atoms with Gasteiger partial charge in [0.25, 0.3) is 0 Å². The Morgan fingerprint density at radius 3 is 2.87 bits per heavy atom. The summed E-state index contributed by atoms with van der Waals surface area (Å²) in [6, 6.07) is 5.69. The third kappa shape index (κ3) is 3.49. The average Bonchev–Trinajstić information content (AvgIpc) is 2.22. The number of nitriles is 1. The number of nitrogens with zero attached hydrogens (tertiary/aromatic N) is 1. The zero-order chi connectivity index (χ0) is 11.3. The molecule has 2 nitrogen and oxygen atoms in total. The van der Waals surface area contributed by atoms with E-state index < -0.39 is 0 Å². The Hall–Kier alpha value is -1.14. The predicted molar refractivity (Wildman–Crippen MR) is 63.9 cm³/mol. The van der Waals surface area contributed by atoms with Gasteiger partial charge in [-0.05, 0) is 48.2 Å². The number of hydrogen-bond acceptors (Lipinski definition) is 3. The minimum Gasteiger partial charge on any atom is -0.508 e. The van der Waals surface area contributed by atoms with Gasteiger partial charge in [0.05, 0.1) is 0 Å². The van der Waals surface area contributed by atoms with E-state index in [9.17, 15) is 5.11 Å². The molecule has 3 heteroatoms. The number of aromatic hydroxyl groups is 1. The summed E-state index contributed by atoms with van der Waals surface area (Å²) in [6.45, 7) is 4.04. The van der Waals surface area contributed by atoms with Crippen LogP contribution in [0.1, 0.15) is 30.4 Å². The molecular formula is C12H15NOS. The molecule has 1 rings (SSSR count). The van der Waals surface area contributed by atoms with Crippen molar-refractivity contribution < 1.29 is 5.11 Å². The van der Waals surface area contributed by atoms with Crippen LogP contribution >= 0.6 is 11.8 Å². The van der Waals surface area contributed by atoms with Crippen LogP contribution in [0.25, 0.3) is 0 Å². The number of phenolic OH excluding ortho intramolecular Hbond substituents is 1. The fourth-order valence-corrected chi connectivity index (χ4v) is 2.00. The molecule has 0 amide bonds. The average molecular weight is 221 g/mol. The summed E-state index contributed by atoms with van der Waals surface area (Å²) in [6.07, 6.45) is 0.989. The second-order valence-corrected chi connectivity index (χ2v) is 4.55. The lowest BCUT2D eigenvalue weighted by Crippen LogP contribution is -1.95. The van der Waals surface area contributed by atoms with Crippen molar-refractivity contribution in [1.82, 2.24) is 0 Å². The van der Waals surface area contributed by atoms with Crippen LogP contribution in [0.2, 0.25) is 0 Å². The fraction of sp³-hybridized carbons (Fsp3) is 0.417. The molecular weight excluding hydrogens is 206 g/mol. The highest BCUT2D eigenvalue weighted by molar-refractivity contribution is 8.03. The molecule has 1 aromatic rings. The van der Waals surface area contributed by atoms with Gasteiger partial charge in [0, 0.05) is 5.75 Å². The van der Waals surface area contributed by atoms with E-state index in [0.717, 1.165) is 17.7 Å². The van der Waals surface area contributed by atoms with Gasteiger partial charge in [-0.1, -0.05) is 19.1 Å². The molecule has 0 aliphatic heterocycles. The van der Waals surface area contributed by atoms with Crippen LogP contribution < -0.4 is 0 Å². The van der Waals surface area contributed by atoms with E-state index in [1.807, 2.05) is 19.1 Å². The third-order valence-electron chi connectivity index (χ3n) is 2.51. The summed E-state index contributed by atoms with van der Waals surface area (Å²) in [4.78, 5) is 0. The molecule has 0 fully saturated rings. The van der Waals surface area contributed by atoms with E-state index in [2.05, 4.69) is 12.3 Å². The number of thiocyanates is 1. The standard InChI is InChI=1S/C12H15NOS/c1-9(5-6-15-8-13)11-3-4-12(14)10(2)7-11/h3-4,7,9,14H,5-6H2,1-2H3. The lowest BCUT2D eigenvalue weighted by Gasteiger charge is -2.11. The first-order valence-corrected chi connectivity index (χ1v) is 5.94. The Morgan fingerprint density at radius 1 is 1.53 bits per heavy atom. The van der Waals surface area contributed by atoms with Crippen molar-refractivity contribution in [2.24, 2.45) is 0 Å². The second-order valence-electron chi connectivity index (χ2n) is 3.68. The molecule has 0 saturated carbocycles. The predicted octanol–water partition coefficient (Wildman–Crippen LogP) is 3.41. The molecule has 0 aliphatic carbocycles. The van der Waals surface area contributed by atoms with Crippen molar-refractivity contribution in [2.75, 3.05) is 5.75 Å². The normalized spacial score (nSPS) is 12.1. The zero-order valence-corrected chi connectivity index (χ0v) is 9.84. The van der Waals surface area contributed by atoms with Crippen LogP contribution in [0.15, 0.2) is 18.2 Å². The van der Waals surface area contributed by atoms with Gasteiger partial charge in [0.2, 0.25) is 0 Å². The molecule has 0 aliphatic rings. The van der Waals surface area contributed by atoms with Crippen molar-refractivity contribution in [3.63, 3.8) is 0 Å². The highest BCUT2D eigenvalue weighted by Gasteiger charge is 2.06. The van der Waals surface area contributed by atoms with Crippen LogP contribution in [0.5, 0.6) is 5.75 Å². The molecule has 0 saturated heterocycles. The Bertz CT molecular complexity index is 370. The first-order chi connectivity index (χ1) is 7.15. The first kappa shape index (κ1) is 11.9. The van der Waals surface area contributed by atoms with Gasteiger partial charge in [-0.15, -0.1) is 0 Å². The Kier molecular flexibility index (Phi) is 4.51. The quantitative estimate of drug-likeness (QED) is 0.626. The van der Waals surface area contributed by atoms with Gasteiger partial charge in [-0.2, -0.15) is 5.26 Å². The largest absolute Gasteiger partial charge is 0.508 e. The van der Waals surface area contributed by atoms with E-state index in [1.54, 1.807) is 6.07 Å². The van der Waals surface area contributed by atoms with Crippen LogP contribution in [-0.2, 0) is 0 Å². The van der Waals surface area contributed by atoms with Gasteiger partial charge >= 0.3 is 0 Å². The van der Waals surface area contributed by atoms with Crippen LogP contribution in [0.3, 0.4) is 0 Å². The van der Waals surface area contributed by atoms with Crippen LogP contribution in [0.4, 0.5) is 0 Å². The summed E-state index contributed by atoms with van der Waals surface area (Å²) in [5.41, 5.74) is 2.14.